The van der Waals surface area contributed by atoms with Crippen LogP contribution >= 0.6 is 0 Å². The van der Waals surface area contributed by atoms with Gasteiger partial charge in [-0.15, -0.1) is 0 Å². The van der Waals surface area contributed by atoms with Crippen molar-refractivity contribution in [2.75, 3.05) is 7.05 Å². The zero-order valence-corrected chi connectivity index (χ0v) is 11.6. The van der Waals surface area contributed by atoms with E-state index in [2.05, 4.69) is 16.0 Å². The summed E-state index contributed by atoms with van der Waals surface area (Å²) in [5.41, 5.74) is 4.71. The Morgan fingerprint density at radius 1 is 1.10 bits per heavy atom. The highest BCUT2D eigenvalue weighted by Crippen LogP contribution is 2.30. The lowest BCUT2D eigenvalue weighted by Gasteiger charge is -2.06. The average Bonchev–Trinajstić information content (AvgIpc) is 2.81. The van der Waals surface area contributed by atoms with Crippen LogP contribution in [0.4, 0.5) is 0 Å². The van der Waals surface area contributed by atoms with Crippen LogP contribution in [-0.2, 0) is 6.54 Å². The highest BCUT2D eigenvalue weighted by molar-refractivity contribution is 5.99. The smallest absolute Gasteiger partial charge is 0.254 e. The fourth-order valence-electron chi connectivity index (χ4n) is 2.85. The summed E-state index contributed by atoms with van der Waals surface area (Å²) < 4.78 is 0. The van der Waals surface area contributed by atoms with Crippen LogP contribution in [0.3, 0.4) is 0 Å². The summed E-state index contributed by atoms with van der Waals surface area (Å²) in [6.07, 6.45) is 3.55. The van der Waals surface area contributed by atoms with Crippen molar-refractivity contribution in [3.8, 4) is 11.3 Å². The van der Waals surface area contributed by atoms with Gasteiger partial charge < -0.3 is 4.90 Å². The van der Waals surface area contributed by atoms with Gasteiger partial charge in [0.2, 0.25) is 0 Å². The Bertz CT molecular complexity index is 868. The Kier molecular flexibility index (Phi) is 2.51. The second kappa shape index (κ2) is 4.38. The minimum Gasteiger partial charge on any atom is -0.337 e. The molecule has 0 saturated carbocycles. The van der Waals surface area contributed by atoms with Crippen LogP contribution in [0, 0.1) is 0 Å². The largest absolute Gasteiger partial charge is 0.337 e. The number of aromatic nitrogens is 2. The van der Waals surface area contributed by atoms with Crippen LogP contribution in [-0.4, -0.2) is 27.8 Å². The van der Waals surface area contributed by atoms with E-state index < -0.39 is 0 Å². The molecule has 0 unspecified atom stereocenters. The second-order valence-electron chi connectivity index (χ2n) is 5.26. The molecule has 0 spiro atoms. The zero-order valence-electron chi connectivity index (χ0n) is 11.6. The molecule has 3 heterocycles. The topological polar surface area (TPSA) is 46.1 Å². The number of benzene rings is 1. The third-order valence-electron chi connectivity index (χ3n) is 3.89. The highest BCUT2D eigenvalue weighted by Gasteiger charge is 2.24. The fourth-order valence-corrected chi connectivity index (χ4v) is 2.85. The Morgan fingerprint density at radius 2 is 2.00 bits per heavy atom. The molecule has 3 aromatic rings. The summed E-state index contributed by atoms with van der Waals surface area (Å²) in [6.45, 7) is 0.658. The number of pyridine rings is 2. The third-order valence-corrected chi connectivity index (χ3v) is 3.89. The van der Waals surface area contributed by atoms with Crippen molar-refractivity contribution in [1.82, 2.24) is 14.9 Å². The number of carbonyl (C=O) groups excluding carboxylic acids is 1. The van der Waals surface area contributed by atoms with Gasteiger partial charge in [0, 0.05) is 42.5 Å². The maximum atomic E-state index is 12.0. The second-order valence-corrected chi connectivity index (χ2v) is 5.26. The molecule has 1 aliphatic rings. The maximum absolute atomic E-state index is 12.0. The van der Waals surface area contributed by atoms with Crippen molar-refractivity contribution in [2.24, 2.45) is 0 Å². The summed E-state index contributed by atoms with van der Waals surface area (Å²) in [5.74, 6) is 0.0871. The lowest BCUT2D eigenvalue weighted by Crippen LogP contribution is -2.17. The van der Waals surface area contributed by atoms with Gasteiger partial charge in [0.1, 0.15) is 0 Å². The van der Waals surface area contributed by atoms with Crippen LogP contribution in [0.15, 0.2) is 48.8 Å². The van der Waals surface area contributed by atoms with E-state index in [0.717, 1.165) is 33.3 Å². The molecular formula is C17H13N3O. The molecule has 2 aromatic heterocycles. The molecule has 0 saturated heterocycles. The first-order valence-corrected chi connectivity index (χ1v) is 6.82. The average molecular weight is 275 g/mol. The Morgan fingerprint density at radius 3 is 2.90 bits per heavy atom. The number of hydrogen-bond donors (Lipinski definition) is 0. The molecule has 0 radical (unpaired) electrons. The van der Waals surface area contributed by atoms with Gasteiger partial charge in [0.25, 0.3) is 5.91 Å². The molecule has 102 valence electrons. The van der Waals surface area contributed by atoms with E-state index in [0.29, 0.717) is 6.54 Å². The molecule has 0 atom stereocenters. The van der Waals surface area contributed by atoms with E-state index >= 15 is 0 Å². The van der Waals surface area contributed by atoms with E-state index in [1.807, 2.05) is 37.4 Å². The maximum Gasteiger partial charge on any atom is 0.254 e. The molecule has 0 bridgehead atoms. The van der Waals surface area contributed by atoms with Crippen LogP contribution in [0.5, 0.6) is 0 Å². The number of amides is 1. The Labute approximate surface area is 122 Å². The zero-order chi connectivity index (χ0) is 14.4. The number of carbonyl (C=O) groups is 1. The lowest BCUT2D eigenvalue weighted by atomic mass is 10.0. The molecule has 4 heteroatoms. The van der Waals surface area contributed by atoms with Crippen LogP contribution < -0.4 is 0 Å². The number of rotatable bonds is 1. The number of fused-ring (bicyclic) bond motifs is 2. The van der Waals surface area contributed by atoms with Crippen molar-refractivity contribution in [1.29, 1.82) is 0 Å². The summed E-state index contributed by atoms with van der Waals surface area (Å²) in [4.78, 5) is 22.5. The Balaban J connectivity index is 1.91. The van der Waals surface area contributed by atoms with Gasteiger partial charge in [-0.2, -0.15) is 0 Å². The van der Waals surface area contributed by atoms with Crippen LogP contribution in [0.25, 0.3) is 22.2 Å². The molecule has 1 aromatic carbocycles. The van der Waals surface area contributed by atoms with E-state index in [1.54, 1.807) is 17.3 Å². The van der Waals surface area contributed by atoms with Gasteiger partial charge >= 0.3 is 0 Å². The van der Waals surface area contributed by atoms with Crippen molar-refractivity contribution in [2.45, 2.75) is 6.54 Å². The predicted octanol–water partition coefficient (Wildman–Crippen LogP) is 2.88. The molecule has 21 heavy (non-hydrogen) atoms. The van der Waals surface area contributed by atoms with Gasteiger partial charge in [-0.3, -0.25) is 14.8 Å². The van der Waals surface area contributed by atoms with E-state index in [9.17, 15) is 4.79 Å². The molecule has 0 fully saturated rings. The Hall–Kier alpha value is -2.75. The predicted molar refractivity (Wildman–Crippen MR) is 80.8 cm³/mol. The normalized spacial score (nSPS) is 13.8. The molecule has 1 amide bonds. The summed E-state index contributed by atoms with van der Waals surface area (Å²) in [7, 11) is 1.82. The number of nitrogens with zero attached hydrogens (tertiary/aromatic N) is 3. The van der Waals surface area contributed by atoms with Crippen molar-refractivity contribution < 1.29 is 4.79 Å². The first-order chi connectivity index (χ1) is 10.2. The first-order valence-electron chi connectivity index (χ1n) is 6.82. The quantitative estimate of drug-likeness (QED) is 0.686. The third kappa shape index (κ3) is 1.80. The van der Waals surface area contributed by atoms with Crippen molar-refractivity contribution in [3.05, 3.63) is 59.9 Å². The van der Waals surface area contributed by atoms with Gasteiger partial charge in [-0.05, 0) is 35.9 Å². The standard InChI is InChI=1S/C17H13N3O/c1-20-10-12-9-11(4-5-13(12)17(20)21)16-14-3-2-7-18-15(14)6-8-19-16/h2-9H,10H2,1H3. The molecule has 0 aliphatic carbocycles. The summed E-state index contributed by atoms with van der Waals surface area (Å²) in [5, 5.41) is 1.03. The van der Waals surface area contributed by atoms with Crippen LogP contribution in [0.2, 0.25) is 0 Å². The molecule has 4 rings (SSSR count). The number of hydrogen-bond acceptors (Lipinski definition) is 3. The molecule has 1 aliphatic heterocycles. The summed E-state index contributed by atoms with van der Waals surface area (Å²) >= 11 is 0. The molecule has 0 N–H and O–H groups in total. The van der Waals surface area contributed by atoms with Crippen LogP contribution in [0.1, 0.15) is 15.9 Å². The van der Waals surface area contributed by atoms with Gasteiger partial charge in [0.05, 0.1) is 11.2 Å². The van der Waals surface area contributed by atoms with E-state index in [-0.39, 0.29) is 5.91 Å². The first kappa shape index (κ1) is 12.0. The monoisotopic (exact) mass is 275 g/mol. The van der Waals surface area contributed by atoms with Crippen molar-refractivity contribution in [3.63, 3.8) is 0 Å². The van der Waals surface area contributed by atoms with Gasteiger partial charge in [-0.1, -0.05) is 6.07 Å². The minimum absolute atomic E-state index is 0.0871. The molecular weight excluding hydrogens is 262 g/mol. The van der Waals surface area contributed by atoms with Crippen molar-refractivity contribution >= 4 is 16.8 Å². The lowest BCUT2D eigenvalue weighted by molar-refractivity contribution is 0.0816. The van der Waals surface area contributed by atoms with Gasteiger partial charge in [-0.25, -0.2) is 0 Å². The minimum atomic E-state index is 0.0871. The fraction of sp³-hybridized carbons (Fsp3) is 0.118. The SMILES string of the molecule is CN1Cc2cc(-c3nccc4ncccc34)ccc2C1=O. The van der Waals surface area contributed by atoms with E-state index in [4.69, 9.17) is 0 Å². The summed E-state index contributed by atoms with van der Waals surface area (Å²) in [6, 6.07) is 11.8. The van der Waals surface area contributed by atoms with Gasteiger partial charge in [0.15, 0.2) is 0 Å². The highest BCUT2D eigenvalue weighted by atomic mass is 16.2. The van der Waals surface area contributed by atoms with E-state index in [1.165, 1.54) is 0 Å². The molecule has 4 nitrogen and oxygen atoms in total.